The Bertz CT molecular complexity index is 500. The van der Waals surface area contributed by atoms with Crippen molar-refractivity contribution in [3.8, 4) is 0 Å². The van der Waals surface area contributed by atoms with Crippen LogP contribution < -0.4 is 5.32 Å². The van der Waals surface area contributed by atoms with Crippen molar-refractivity contribution >= 4 is 21.6 Å². The highest BCUT2D eigenvalue weighted by Gasteiger charge is 2.57. The molecule has 0 amide bonds. The molecule has 3 heteroatoms. The first-order valence-corrected chi connectivity index (χ1v) is 8.50. The maximum atomic E-state index is 5.99. The average molecular weight is 338 g/mol. The predicted molar refractivity (Wildman–Crippen MR) is 87.2 cm³/mol. The summed E-state index contributed by atoms with van der Waals surface area (Å²) < 4.78 is 7.15. The number of rotatable bonds is 3. The molecule has 20 heavy (non-hydrogen) atoms. The number of fused-ring (bicyclic) bond motifs is 1. The Hall–Kier alpha value is -0.540. The van der Waals surface area contributed by atoms with Gasteiger partial charge in [-0.2, -0.15) is 0 Å². The van der Waals surface area contributed by atoms with Crippen LogP contribution in [0.15, 0.2) is 22.7 Å². The molecule has 1 saturated heterocycles. The van der Waals surface area contributed by atoms with Gasteiger partial charge < -0.3 is 10.1 Å². The normalized spacial score (nSPS) is 31.3. The van der Waals surface area contributed by atoms with E-state index in [-0.39, 0.29) is 5.41 Å². The van der Waals surface area contributed by atoms with Crippen LogP contribution in [0.4, 0.5) is 5.69 Å². The molecule has 1 aromatic rings. The maximum Gasteiger partial charge on any atom is 0.0693 e. The summed E-state index contributed by atoms with van der Waals surface area (Å²) in [5.41, 5.74) is 2.90. The van der Waals surface area contributed by atoms with E-state index in [2.05, 4.69) is 60.2 Å². The van der Waals surface area contributed by atoms with Gasteiger partial charge in [-0.1, -0.05) is 36.7 Å². The lowest BCUT2D eigenvalue weighted by Crippen LogP contribution is -2.67. The summed E-state index contributed by atoms with van der Waals surface area (Å²) in [4.78, 5) is 0. The molecule has 0 aromatic heterocycles. The van der Waals surface area contributed by atoms with E-state index >= 15 is 0 Å². The molecule has 1 N–H and O–H groups in total. The zero-order chi connectivity index (χ0) is 14.3. The van der Waals surface area contributed by atoms with Gasteiger partial charge in [0.2, 0.25) is 0 Å². The van der Waals surface area contributed by atoms with Gasteiger partial charge in [0.15, 0.2) is 0 Å². The number of aryl methyl sites for hydroxylation is 1. The topological polar surface area (TPSA) is 21.3 Å². The van der Waals surface area contributed by atoms with Crippen molar-refractivity contribution in [3.05, 3.63) is 28.2 Å². The van der Waals surface area contributed by atoms with Crippen molar-refractivity contribution in [1.82, 2.24) is 0 Å². The van der Waals surface area contributed by atoms with E-state index in [0.29, 0.717) is 18.1 Å². The minimum Gasteiger partial charge on any atom is -0.381 e. The van der Waals surface area contributed by atoms with Crippen LogP contribution in [0.3, 0.4) is 0 Å². The average Bonchev–Trinajstić information content (AvgIpc) is 2.45. The quantitative estimate of drug-likeness (QED) is 0.868. The van der Waals surface area contributed by atoms with Crippen LogP contribution in [0.2, 0.25) is 0 Å². The first kappa shape index (κ1) is 14.4. The molecule has 3 unspecified atom stereocenters. The molecule has 1 aliphatic heterocycles. The van der Waals surface area contributed by atoms with Crippen LogP contribution in [0.25, 0.3) is 0 Å². The van der Waals surface area contributed by atoms with E-state index in [1.807, 2.05) is 0 Å². The van der Waals surface area contributed by atoms with Gasteiger partial charge in [-0.05, 0) is 43.0 Å². The van der Waals surface area contributed by atoms with Gasteiger partial charge in [0.1, 0.15) is 0 Å². The third-order valence-corrected chi connectivity index (χ3v) is 5.58. The van der Waals surface area contributed by atoms with Crippen molar-refractivity contribution in [2.24, 2.45) is 11.3 Å². The van der Waals surface area contributed by atoms with Crippen molar-refractivity contribution in [1.29, 1.82) is 0 Å². The third kappa shape index (κ3) is 2.29. The number of anilines is 1. The molecule has 1 heterocycles. The fraction of sp³-hybridized carbons (Fsp3) is 0.647. The fourth-order valence-electron chi connectivity index (χ4n) is 3.98. The minimum absolute atomic E-state index is 0.225. The first-order chi connectivity index (χ1) is 9.54. The van der Waals surface area contributed by atoms with Crippen LogP contribution in [-0.4, -0.2) is 18.8 Å². The summed E-state index contributed by atoms with van der Waals surface area (Å²) in [5.74, 6) is 0.673. The van der Waals surface area contributed by atoms with E-state index in [4.69, 9.17) is 4.74 Å². The monoisotopic (exact) mass is 337 g/mol. The molecular formula is C17H24BrNO. The highest BCUT2D eigenvalue weighted by molar-refractivity contribution is 9.10. The summed E-state index contributed by atoms with van der Waals surface area (Å²) in [6.07, 6.45) is 3.99. The molecule has 110 valence electrons. The van der Waals surface area contributed by atoms with Crippen LogP contribution in [0.1, 0.15) is 39.2 Å². The van der Waals surface area contributed by atoms with Gasteiger partial charge >= 0.3 is 0 Å². The van der Waals surface area contributed by atoms with E-state index in [1.54, 1.807) is 0 Å². The Morgan fingerprint density at radius 3 is 2.95 bits per heavy atom. The lowest BCUT2D eigenvalue weighted by atomic mass is 9.55. The Labute approximate surface area is 130 Å². The first-order valence-electron chi connectivity index (χ1n) is 7.70. The van der Waals surface area contributed by atoms with Crippen molar-refractivity contribution in [2.75, 3.05) is 11.9 Å². The summed E-state index contributed by atoms with van der Waals surface area (Å²) in [7, 11) is 0. The number of benzene rings is 1. The zero-order valence-corrected chi connectivity index (χ0v) is 14.2. The molecule has 0 bridgehead atoms. The molecule has 0 radical (unpaired) electrons. The van der Waals surface area contributed by atoms with E-state index in [0.717, 1.165) is 17.5 Å². The Morgan fingerprint density at radius 2 is 2.20 bits per heavy atom. The maximum absolute atomic E-state index is 5.99. The number of ether oxygens (including phenoxy) is 1. The second kappa shape index (κ2) is 5.34. The van der Waals surface area contributed by atoms with E-state index in [1.165, 1.54) is 24.1 Å². The molecule has 2 fully saturated rings. The lowest BCUT2D eigenvalue weighted by Gasteiger charge is -2.60. The highest BCUT2D eigenvalue weighted by atomic mass is 79.9. The van der Waals surface area contributed by atoms with Crippen molar-refractivity contribution in [3.63, 3.8) is 0 Å². The van der Waals surface area contributed by atoms with Crippen molar-refractivity contribution < 1.29 is 4.74 Å². The predicted octanol–water partition coefficient (Wildman–Crippen LogP) is 4.63. The Morgan fingerprint density at radius 1 is 1.40 bits per heavy atom. The lowest BCUT2D eigenvalue weighted by molar-refractivity contribution is -0.177. The van der Waals surface area contributed by atoms with E-state index < -0.39 is 0 Å². The zero-order valence-electron chi connectivity index (χ0n) is 12.6. The molecule has 0 spiro atoms. The van der Waals surface area contributed by atoms with Gasteiger partial charge in [0, 0.05) is 34.1 Å². The molecular weight excluding hydrogens is 314 g/mol. The molecule has 3 rings (SSSR count). The van der Waals surface area contributed by atoms with Crippen LogP contribution in [0, 0.1) is 11.3 Å². The van der Waals surface area contributed by atoms with Crippen molar-refractivity contribution in [2.45, 2.75) is 52.2 Å². The molecule has 2 aliphatic rings. The second-order valence-electron chi connectivity index (χ2n) is 6.70. The summed E-state index contributed by atoms with van der Waals surface area (Å²) in [6.45, 7) is 7.82. The van der Waals surface area contributed by atoms with Gasteiger partial charge in [-0.15, -0.1) is 0 Å². The number of halogens is 1. The summed E-state index contributed by atoms with van der Waals surface area (Å²) in [6, 6.07) is 7.08. The van der Waals surface area contributed by atoms with Gasteiger partial charge in [0.25, 0.3) is 0 Å². The Balaban J connectivity index is 1.81. The van der Waals surface area contributed by atoms with Crippen LogP contribution in [-0.2, 0) is 11.2 Å². The SMILES string of the molecule is CCc1cc(Br)ccc1NC1C2CCCOC2C1(C)C. The smallest absolute Gasteiger partial charge is 0.0693 e. The molecule has 3 atom stereocenters. The van der Waals surface area contributed by atoms with Gasteiger partial charge in [-0.25, -0.2) is 0 Å². The fourth-order valence-corrected chi connectivity index (χ4v) is 4.39. The van der Waals surface area contributed by atoms with Crippen LogP contribution in [0.5, 0.6) is 0 Å². The van der Waals surface area contributed by atoms with Gasteiger partial charge in [0.05, 0.1) is 6.10 Å². The largest absolute Gasteiger partial charge is 0.381 e. The third-order valence-electron chi connectivity index (χ3n) is 5.09. The standard InChI is InChI=1S/C17H24BrNO/c1-4-11-10-12(18)7-8-14(11)19-15-13-6-5-9-20-16(13)17(15,2)3/h7-8,10,13,15-16,19H,4-6,9H2,1-3H3. The van der Waals surface area contributed by atoms with Crippen LogP contribution >= 0.6 is 15.9 Å². The summed E-state index contributed by atoms with van der Waals surface area (Å²) in [5, 5.41) is 3.81. The Kier molecular flexibility index (Phi) is 3.85. The summed E-state index contributed by atoms with van der Waals surface area (Å²) >= 11 is 3.56. The number of hydrogen-bond donors (Lipinski definition) is 1. The molecule has 2 nitrogen and oxygen atoms in total. The highest BCUT2D eigenvalue weighted by Crippen LogP contribution is 2.52. The van der Waals surface area contributed by atoms with E-state index in [9.17, 15) is 0 Å². The molecule has 1 saturated carbocycles. The minimum atomic E-state index is 0.225. The number of hydrogen-bond acceptors (Lipinski definition) is 2. The van der Waals surface area contributed by atoms with Gasteiger partial charge in [-0.3, -0.25) is 0 Å². The second-order valence-corrected chi connectivity index (χ2v) is 7.61. The number of nitrogens with one attached hydrogen (secondary N) is 1. The molecule has 1 aromatic carbocycles. The molecule has 1 aliphatic carbocycles.